The number of benzene rings is 1. The normalized spacial score (nSPS) is 12.9. The van der Waals surface area contributed by atoms with Gasteiger partial charge in [0.2, 0.25) is 0 Å². The first-order chi connectivity index (χ1) is 10.1. The monoisotopic (exact) mass is 311 g/mol. The fourth-order valence-corrected chi connectivity index (χ4v) is 3.08. The van der Waals surface area contributed by atoms with Crippen molar-refractivity contribution in [1.82, 2.24) is 14.9 Å². The van der Waals surface area contributed by atoms with Gasteiger partial charge < -0.3 is 5.32 Å². The topological polar surface area (TPSA) is 37.8 Å². The van der Waals surface area contributed by atoms with Gasteiger partial charge in [0.25, 0.3) is 0 Å². The van der Waals surface area contributed by atoms with Gasteiger partial charge in [0.15, 0.2) is 11.6 Å². The van der Waals surface area contributed by atoms with Crippen molar-refractivity contribution in [2.75, 3.05) is 6.54 Å². The molecule has 0 amide bonds. The van der Waals surface area contributed by atoms with Crippen molar-refractivity contribution in [3.8, 4) is 0 Å². The summed E-state index contributed by atoms with van der Waals surface area (Å²) in [6, 6.07) is 3.84. The van der Waals surface area contributed by atoms with E-state index in [4.69, 9.17) is 0 Å². The van der Waals surface area contributed by atoms with Crippen LogP contribution in [0.25, 0.3) is 0 Å². The molecule has 1 N–H and O–H groups in total. The van der Waals surface area contributed by atoms with Crippen LogP contribution in [0.5, 0.6) is 0 Å². The molecule has 1 unspecified atom stereocenters. The van der Waals surface area contributed by atoms with Crippen LogP contribution in [0.15, 0.2) is 18.2 Å². The van der Waals surface area contributed by atoms with Crippen LogP contribution in [0.1, 0.15) is 55.3 Å². The molecule has 0 spiro atoms. The van der Waals surface area contributed by atoms with Gasteiger partial charge in [-0.2, -0.15) is 0 Å². The highest BCUT2D eigenvalue weighted by Crippen LogP contribution is 2.32. The molecule has 21 heavy (non-hydrogen) atoms. The Morgan fingerprint density at radius 2 is 2.05 bits per heavy atom. The molecule has 3 nitrogen and oxygen atoms in total. The van der Waals surface area contributed by atoms with E-state index in [0.29, 0.717) is 12.1 Å². The third kappa shape index (κ3) is 3.44. The zero-order chi connectivity index (χ0) is 15.4. The third-order valence-corrected chi connectivity index (χ3v) is 4.05. The molecule has 0 bridgehead atoms. The quantitative estimate of drug-likeness (QED) is 0.875. The summed E-state index contributed by atoms with van der Waals surface area (Å²) in [6.45, 7) is 6.76. The Morgan fingerprint density at radius 1 is 1.29 bits per heavy atom. The second-order valence-corrected chi connectivity index (χ2v) is 5.99. The van der Waals surface area contributed by atoms with E-state index in [0.717, 1.165) is 23.1 Å². The first-order valence-corrected chi connectivity index (χ1v) is 7.83. The second-order valence-electron chi connectivity index (χ2n) is 5.21. The molecular formula is C15H19F2N3S. The number of halogens is 2. The van der Waals surface area contributed by atoms with E-state index >= 15 is 0 Å². The maximum Gasteiger partial charge on any atom is 0.163 e. The van der Waals surface area contributed by atoms with E-state index in [1.54, 1.807) is 6.07 Å². The lowest BCUT2D eigenvalue weighted by Crippen LogP contribution is -2.24. The van der Waals surface area contributed by atoms with Crippen molar-refractivity contribution in [1.29, 1.82) is 0 Å². The Balaban J connectivity index is 2.47. The van der Waals surface area contributed by atoms with Crippen molar-refractivity contribution in [2.45, 2.75) is 39.2 Å². The van der Waals surface area contributed by atoms with Crippen molar-refractivity contribution in [3.63, 3.8) is 0 Å². The summed E-state index contributed by atoms with van der Waals surface area (Å²) in [5, 5.41) is 7.41. The molecule has 114 valence electrons. The predicted molar refractivity (Wildman–Crippen MR) is 80.5 cm³/mol. The lowest BCUT2D eigenvalue weighted by molar-refractivity contribution is 0.480. The number of hydrogen-bond acceptors (Lipinski definition) is 4. The molecule has 0 saturated carbocycles. The molecule has 1 heterocycles. The van der Waals surface area contributed by atoms with Gasteiger partial charge in [0, 0.05) is 5.56 Å². The highest BCUT2D eigenvalue weighted by molar-refractivity contribution is 7.05. The van der Waals surface area contributed by atoms with Gasteiger partial charge in [0.05, 0.1) is 16.6 Å². The number of hydrogen-bond donors (Lipinski definition) is 1. The van der Waals surface area contributed by atoms with E-state index in [-0.39, 0.29) is 5.92 Å². The molecule has 0 aliphatic rings. The molecule has 0 aliphatic heterocycles. The van der Waals surface area contributed by atoms with Crippen LogP contribution in [-0.4, -0.2) is 16.1 Å². The van der Waals surface area contributed by atoms with E-state index in [9.17, 15) is 8.78 Å². The second kappa shape index (κ2) is 7.04. The van der Waals surface area contributed by atoms with E-state index in [1.165, 1.54) is 17.6 Å². The van der Waals surface area contributed by atoms with Crippen LogP contribution in [-0.2, 0) is 0 Å². The van der Waals surface area contributed by atoms with Crippen LogP contribution in [0, 0.1) is 11.6 Å². The molecule has 0 saturated heterocycles. The lowest BCUT2D eigenvalue weighted by Gasteiger charge is -2.20. The summed E-state index contributed by atoms with van der Waals surface area (Å²) in [4.78, 5) is 0.850. The number of nitrogens with one attached hydrogen (secondary N) is 1. The molecule has 0 radical (unpaired) electrons. The fraction of sp³-hybridized carbons (Fsp3) is 0.467. The van der Waals surface area contributed by atoms with E-state index < -0.39 is 17.7 Å². The molecule has 2 aromatic rings. The predicted octanol–water partition coefficient (Wildman–Crippen LogP) is 4.03. The summed E-state index contributed by atoms with van der Waals surface area (Å²) in [5.74, 6) is -1.46. The van der Waals surface area contributed by atoms with Crippen molar-refractivity contribution in [2.24, 2.45) is 0 Å². The van der Waals surface area contributed by atoms with Crippen molar-refractivity contribution >= 4 is 11.5 Å². The standard InChI is InChI=1S/C15H19F2N3S/c1-4-8-18-14(10-6-5-7-11(16)12(10)17)15-13(9(2)3)19-20-21-15/h5-7,9,14,18H,4,8H2,1-3H3. The lowest BCUT2D eigenvalue weighted by atomic mass is 9.99. The van der Waals surface area contributed by atoms with Crippen LogP contribution >= 0.6 is 11.5 Å². The molecule has 0 fully saturated rings. The average Bonchev–Trinajstić information content (AvgIpc) is 2.93. The number of aromatic nitrogens is 2. The van der Waals surface area contributed by atoms with Crippen molar-refractivity contribution < 1.29 is 8.78 Å². The zero-order valence-corrected chi connectivity index (χ0v) is 13.2. The van der Waals surface area contributed by atoms with Crippen molar-refractivity contribution in [3.05, 3.63) is 46.0 Å². The highest BCUT2D eigenvalue weighted by atomic mass is 32.1. The molecule has 1 atom stereocenters. The summed E-state index contributed by atoms with van der Waals surface area (Å²) in [5.41, 5.74) is 1.13. The van der Waals surface area contributed by atoms with Crippen LogP contribution in [0.3, 0.4) is 0 Å². The third-order valence-electron chi connectivity index (χ3n) is 3.24. The highest BCUT2D eigenvalue weighted by Gasteiger charge is 2.25. The van der Waals surface area contributed by atoms with Gasteiger partial charge in [-0.05, 0) is 36.5 Å². The summed E-state index contributed by atoms with van der Waals surface area (Å²) in [7, 11) is 0. The Labute approximate surface area is 127 Å². The Morgan fingerprint density at radius 3 is 2.71 bits per heavy atom. The Kier molecular flexibility index (Phi) is 5.36. The van der Waals surface area contributed by atoms with Crippen LogP contribution in [0.4, 0.5) is 8.78 Å². The molecule has 1 aromatic carbocycles. The smallest absolute Gasteiger partial charge is 0.163 e. The average molecular weight is 311 g/mol. The van der Waals surface area contributed by atoms with Gasteiger partial charge in [0.1, 0.15) is 0 Å². The van der Waals surface area contributed by atoms with Crippen LogP contribution in [0.2, 0.25) is 0 Å². The minimum absolute atomic E-state index is 0.182. The summed E-state index contributed by atoms with van der Waals surface area (Å²) in [6.07, 6.45) is 0.899. The molecule has 6 heteroatoms. The maximum absolute atomic E-state index is 14.2. The minimum atomic E-state index is -0.834. The Hall–Kier alpha value is -1.40. The molecule has 2 rings (SSSR count). The maximum atomic E-state index is 14.2. The van der Waals surface area contributed by atoms with E-state index in [1.807, 2.05) is 20.8 Å². The summed E-state index contributed by atoms with van der Waals surface area (Å²) >= 11 is 1.23. The molecule has 1 aromatic heterocycles. The zero-order valence-electron chi connectivity index (χ0n) is 12.4. The van der Waals surface area contributed by atoms with Gasteiger partial charge in [-0.25, -0.2) is 8.78 Å². The Bertz CT molecular complexity index is 598. The SMILES string of the molecule is CCCNC(c1cccc(F)c1F)c1snnc1C(C)C. The van der Waals surface area contributed by atoms with Gasteiger partial charge in [-0.1, -0.05) is 37.4 Å². The first-order valence-electron chi connectivity index (χ1n) is 7.05. The van der Waals surface area contributed by atoms with E-state index in [2.05, 4.69) is 14.9 Å². The van der Waals surface area contributed by atoms with Gasteiger partial charge >= 0.3 is 0 Å². The molecule has 0 aliphatic carbocycles. The number of nitrogens with zero attached hydrogens (tertiary/aromatic N) is 2. The summed E-state index contributed by atoms with van der Waals surface area (Å²) < 4.78 is 31.7. The minimum Gasteiger partial charge on any atom is -0.305 e. The van der Waals surface area contributed by atoms with Gasteiger partial charge in [-0.3, -0.25) is 0 Å². The first kappa shape index (κ1) is 16.0. The van der Waals surface area contributed by atoms with Crippen LogP contribution < -0.4 is 5.32 Å². The number of rotatable bonds is 6. The van der Waals surface area contributed by atoms with Gasteiger partial charge in [-0.15, -0.1) is 5.10 Å². The fourth-order valence-electron chi connectivity index (χ4n) is 2.18. The molecular weight excluding hydrogens is 292 g/mol. The largest absolute Gasteiger partial charge is 0.305 e.